The van der Waals surface area contributed by atoms with E-state index in [-0.39, 0.29) is 0 Å². The maximum atomic E-state index is 5.69. The molecule has 0 bridgehead atoms. The van der Waals surface area contributed by atoms with Gasteiger partial charge in [-0.3, -0.25) is 0 Å². The third-order valence-corrected chi connectivity index (χ3v) is 3.23. The fourth-order valence-corrected chi connectivity index (χ4v) is 2.25. The van der Waals surface area contributed by atoms with Gasteiger partial charge in [0.1, 0.15) is 5.75 Å². The predicted molar refractivity (Wildman–Crippen MR) is 68.0 cm³/mol. The van der Waals surface area contributed by atoms with E-state index in [1.54, 1.807) is 0 Å². The molecule has 0 aromatic heterocycles. The zero-order chi connectivity index (χ0) is 11.4. The largest absolute Gasteiger partial charge is 0.493 e. The lowest BCUT2D eigenvalue weighted by molar-refractivity contribution is 0.288. The van der Waals surface area contributed by atoms with Crippen molar-refractivity contribution in [3.8, 4) is 5.75 Å². The number of fused-ring (bicyclic) bond motifs is 1. The fourth-order valence-electron chi connectivity index (χ4n) is 2.25. The van der Waals surface area contributed by atoms with Gasteiger partial charge < -0.3 is 4.74 Å². The number of hydrogen-bond donors (Lipinski definition) is 0. The zero-order valence-corrected chi connectivity index (χ0v) is 10.5. The minimum Gasteiger partial charge on any atom is -0.493 e. The molecule has 0 aliphatic carbocycles. The molecule has 0 N–H and O–H groups in total. The van der Waals surface area contributed by atoms with Gasteiger partial charge in [0.15, 0.2) is 0 Å². The Morgan fingerprint density at radius 2 is 2.19 bits per heavy atom. The molecule has 16 heavy (non-hydrogen) atoms. The number of benzene rings is 1. The van der Waals surface area contributed by atoms with Crippen LogP contribution in [0.2, 0.25) is 0 Å². The molecule has 0 saturated heterocycles. The van der Waals surface area contributed by atoms with Gasteiger partial charge >= 0.3 is 0 Å². The van der Waals surface area contributed by atoms with Gasteiger partial charge in [-0.05, 0) is 48.8 Å². The summed E-state index contributed by atoms with van der Waals surface area (Å²) >= 11 is 0. The summed E-state index contributed by atoms with van der Waals surface area (Å²) in [6.45, 7) is 5.47. The van der Waals surface area contributed by atoms with Crippen LogP contribution in [-0.2, 0) is 12.8 Å². The molecule has 0 saturated carbocycles. The molecule has 2 rings (SSSR count). The van der Waals surface area contributed by atoms with Gasteiger partial charge in [-0.15, -0.1) is 0 Å². The Hall–Kier alpha value is -0.980. The highest BCUT2D eigenvalue weighted by atomic mass is 16.5. The Balaban J connectivity index is 1.95. The number of aryl methyl sites for hydroxylation is 2. The highest BCUT2D eigenvalue weighted by Gasteiger charge is 2.10. The van der Waals surface area contributed by atoms with E-state index in [0.29, 0.717) is 0 Å². The van der Waals surface area contributed by atoms with Gasteiger partial charge in [0, 0.05) is 0 Å². The second-order valence-electron chi connectivity index (χ2n) is 5.18. The van der Waals surface area contributed by atoms with Gasteiger partial charge in [-0.2, -0.15) is 0 Å². The molecule has 0 radical (unpaired) electrons. The van der Waals surface area contributed by atoms with Crippen molar-refractivity contribution < 1.29 is 4.74 Å². The average Bonchev–Trinajstić information content (AvgIpc) is 2.28. The highest BCUT2D eigenvalue weighted by molar-refractivity contribution is 5.38. The average molecular weight is 218 g/mol. The molecule has 0 atom stereocenters. The van der Waals surface area contributed by atoms with Gasteiger partial charge in [0.05, 0.1) is 6.61 Å². The van der Waals surface area contributed by atoms with Crippen LogP contribution in [0.5, 0.6) is 5.75 Å². The predicted octanol–water partition coefficient (Wildman–Crippen LogP) is 3.99. The van der Waals surface area contributed by atoms with Crippen molar-refractivity contribution in [3.05, 3.63) is 29.3 Å². The zero-order valence-electron chi connectivity index (χ0n) is 10.5. The first kappa shape index (κ1) is 11.5. The van der Waals surface area contributed by atoms with Crippen LogP contribution in [-0.4, -0.2) is 6.61 Å². The molecule has 0 spiro atoms. The smallest absolute Gasteiger partial charge is 0.122 e. The van der Waals surface area contributed by atoms with E-state index >= 15 is 0 Å². The summed E-state index contributed by atoms with van der Waals surface area (Å²) < 4.78 is 5.69. The Kier molecular flexibility index (Phi) is 3.87. The van der Waals surface area contributed by atoms with Crippen LogP contribution in [0.1, 0.15) is 44.2 Å². The Morgan fingerprint density at radius 1 is 1.31 bits per heavy atom. The molecule has 1 aromatic rings. The first-order valence-corrected chi connectivity index (χ1v) is 6.50. The van der Waals surface area contributed by atoms with Crippen LogP contribution < -0.4 is 4.74 Å². The van der Waals surface area contributed by atoms with Crippen molar-refractivity contribution in [1.29, 1.82) is 0 Å². The summed E-state index contributed by atoms with van der Waals surface area (Å²) in [4.78, 5) is 0. The monoisotopic (exact) mass is 218 g/mol. The van der Waals surface area contributed by atoms with Crippen LogP contribution in [0, 0.1) is 5.92 Å². The molecule has 0 unspecified atom stereocenters. The third kappa shape index (κ3) is 3.01. The van der Waals surface area contributed by atoms with Gasteiger partial charge in [0.2, 0.25) is 0 Å². The minimum absolute atomic E-state index is 0.814. The third-order valence-electron chi connectivity index (χ3n) is 3.23. The van der Waals surface area contributed by atoms with E-state index in [0.717, 1.165) is 18.3 Å². The summed E-state index contributed by atoms with van der Waals surface area (Å²) in [5, 5.41) is 0. The molecule has 0 fully saturated rings. The first-order valence-electron chi connectivity index (χ1n) is 6.50. The van der Waals surface area contributed by atoms with Crippen LogP contribution in [0.15, 0.2) is 18.2 Å². The number of rotatable bonds is 4. The van der Waals surface area contributed by atoms with E-state index in [4.69, 9.17) is 4.74 Å². The molecule has 1 heteroatoms. The Bertz CT molecular complexity index is 341. The molecular formula is C15H22O. The maximum absolute atomic E-state index is 5.69. The lowest BCUT2D eigenvalue weighted by Crippen LogP contribution is -2.08. The summed E-state index contributed by atoms with van der Waals surface area (Å²) in [5.74, 6) is 1.95. The topological polar surface area (TPSA) is 9.23 Å². The quantitative estimate of drug-likeness (QED) is 0.742. The van der Waals surface area contributed by atoms with Crippen LogP contribution in [0.25, 0.3) is 0 Å². The number of hydrogen-bond acceptors (Lipinski definition) is 1. The number of ether oxygens (including phenoxy) is 1. The normalized spacial score (nSPS) is 14.7. The van der Waals surface area contributed by atoms with Crippen molar-refractivity contribution in [1.82, 2.24) is 0 Å². The molecule has 1 aromatic carbocycles. The van der Waals surface area contributed by atoms with Crippen molar-refractivity contribution >= 4 is 0 Å². The molecule has 1 heterocycles. The Morgan fingerprint density at radius 3 is 3.00 bits per heavy atom. The maximum Gasteiger partial charge on any atom is 0.122 e. The van der Waals surface area contributed by atoms with Gasteiger partial charge in [-0.25, -0.2) is 0 Å². The summed E-state index contributed by atoms with van der Waals surface area (Å²) in [6, 6.07) is 6.77. The molecule has 1 nitrogen and oxygen atoms in total. The van der Waals surface area contributed by atoms with E-state index < -0.39 is 0 Å². The highest BCUT2D eigenvalue weighted by Crippen LogP contribution is 2.26. The van der Waals surface area contributed by atoms with E-state index in [2.05, 4.69) is 32.0 Å². The summed E-state index contributed by atoms with van der Waals surface area (Å²) in [6.07, 6.45) is 6.14. The van der Waals surface area contributed by atoms with Gasteiger partial charge in [-0.1, -0.05) is 32.4 Å². The second-order valence-corrected chi connectivity index (χ2v) is 5.18. The minimum atomic E-state index is 0.814. The first-order chi connectivity index (χ1) is 7.75. The van der Waals surface area contributed by atoms with Crippen LogP contribution in [0.3, 0.4) is 0 Å². The van der Waals surface area contributed by atoms with Gasteiger partial charge in [0.25, 0.3) is 0 Å². The summed E-state index contributed by atoms with van der Waals surface area (Å²) in [5.41, 5.74) is 2.82. The molecule has 88 valence electrons. The van der Waals surface area contributed by atoms with Crippen LogP contribution in [0.4, 0.5) is 0 Å². The molecule has 1 aliphatic rings. The Labute approximate surface area is 98.8 Å². The lowest BCUT2D eigenvalue weighted by Gasteiger charge is -2.18. The van der Waals surface area contributed by atoms with Crippen molar-refractivity contribution in [2.45, 2.75) is 46.0 Å². The second kappa shape index (κ2) is 5.38. The molecular weight excluding hydrogens is 196 g/mol. The van der Waals surface area contributed by atoms with Crippen molar-refractivity contribution in [2.24, 2.45) is 5.92 Å². The standard InChI is InChI=1S/C15H22O/c1-12(2)5-3-6-13-8-9-14-7-4-10-16-15(14)11-13/h8-9,11-12H,3-7,10H2,1-2H3. The summed E-state index contributed by atoms with van der Waals surface area (Å²) in [7, 11) is 0. The molecule has 0 amide bonds. The van der Waals surface area contributed by atoms with E-state index in [1.807, 2.05) is 0 Å². The lowest BCUT2D eigenvalue weighted by atomic mass is 9.99. The van der Waals surface area contributed by atoms with Crippen molar-refractivity contribution in [3.63, 3.8) is 0 Å². The fraction of sp³-hybridized carbons (Fsp3) is 0.600. The SMILES string of the molecule is CC(C)CCCc1ccc2c(c1)OCCC2. The van der Waals surface area contributed by atoms with Crippen LogP contribution >= 0.6 is 0 Å². The molecule has 1 aliphatic heterocycles. The van der Waals surface area contributed by atoms with Crippen molar-refractivity contribution in [2.75, 3.05) is 6.61 Å². The van der Waals surface area contributed by atoms with E-state index in [1.165, 1.54) is 43.2 Å². The van der Waals surface area contributed by atoms with E-state index in [9.17, 15) is 0 Å².